The number of aryl methyl sites for hydroxylation is 1. The second-order valence-corrected chi connectivity index (χ2v) is 6.11. The third-order valence-electron chi connectivity index (χ3n) is 3.88. The van der Waals surface area contributed by atoms with Crippen LogP contribution in [0.3, 0.4) is 0 Å². The van der Waals surface area contributed by atoms with Crippen molar-refractivity contribution < 1.29 is 9.72 Å². The summed E-state index contributed by atoms with van der Waals surface area (Å²) in [5.41, 5.74) is 2.80. The molecule has 0 bridgehead atoms. The van der Waals surface area contributed by atoms with Crippen molar-refractivity contribution in [1.82, 2.24) is 14.1 Å². The standard InChI is InChI=1S/C17H16N4O3S/c1-2-5-11-6-3-4-7-12(11)10-18-17(22)13-8-14-16(20-25-19-14)15(9-13)21(23)24/h3-4,6-9H,2,5,10H2,1H3,(H,18,22). The smallest absolute Gasteiger partial charge is 0.299 e. The van der Waals surface area contributed by atoms with Crippen molar-refractivity contribution in [1.29, 1.82) is 0 Å². The molecule has 0 saturated carbocycles. The van der Waals surface area contributed by atoms with Crippen LogP contribution in [0.25, 0.3) is 11.0 Å². The van der Waals surface area contributed by atoms with Gasteiger partial charge in [0.15, 0.2) is 5.52 Å². The van der Waals surface area contributed by atoms with Crippen LogP contribution in [-0.2, 0) is 13.0 Å². The molecular weight excluding hydrogens is 340 g/mol. The zero-order chi connectivity index (χ0) is 17.8. The number of amides is 1. The van der Waals surface area contributed by atoms with Crippen LogP contribution in [-0.4, -0.2) is 19.6 Å². The summed E-state index contributed by atoms with van der Waals surface area (Å²) in [5, 5.41) is 14.0. The SMILES string of the molecule is CCCc1ccccc1CNC(=O)c1cc([N+](=O)[O-])c2nsnc2c1. The fourth-order valence-electron chi connectivity index (χ4n) is 2.66. The molecular formula is C17H16N4O3S. The first-order valence-corrected chi connectivity index (χ1v) is 8.59. The Bertz CT molecular complexity index is 939. The fraction of sp³-hybridized carbons (Fsp3) is 0.235. The molecule has 1 amide bonds. The molecule has 1 aromatic heterocycles. The molecule has 7 nitrogen and oxygen atoms in total. The highest BCUT2D eigenvalue weighted by Crippen LogP contribution is 2.25. The van der Waals surface area contributed by atoms with E-state index in [1.807, 2.05) is 24.3 Å². The van der Waals surface area contributed by atoms with Gasteiger partial charge in [-0.25, -0.2) is 0 Å². The molecule has 8 heteroatoms. The van der Waals surface area contributed by atoms with Crippen LogP contribution < -0.4 is 5.32 Å². The van der Waals surface area contributed by atoms with Gasteiger partial charge in [0, 0.05) is 18.2 Å². The topological polar surface area (TPSA) is 98.0 Å². The zero-order valence-electron chi connectivity index (χ0n) is 13.6. The number of nitrogens with one attached hydrogen (secondary N) is 1. The maximum Gasteiger partial charge on any atom is 0.299 e. The second-order valence-electron chi connectivity index (χ2n) is 5.59. The monoisotopic (exact) mass is 356 g/mol. The van der Waals surface area contributed by atoms with Crippen molar-refractivity contribution in [2.75, 3.05) is 0 Å². The highest BCUT2D eigenvalue weighted by atomic mass is 32.1. The van der Waals surface area contributed by atoms with Crippen molar-refractivity contribution in [2.24, 2.45) is 0 Å². The summed E-state index contributed by atoms with van der Waals surface area (Å²) in [4.78, 5) is 23.1. The maximum atomic E-state index is 12.4. The Balaban J connectivity index is 1.82. The first-order valence-electron chi connectivity index (χ1n) is 7.86. The van der Waals surface area contributed by atoms with Gasteiger partial charge in [-0.05, 0) is 23.6 Å². The molecule has 0 saturated heterocycles. The Labute approximate surface area is 148 Å². The predicted octanol–water partition coefficient (Wildman–Crippen LogP) is 3.48. The van der Waals surface area contributed by atoms with Crippen LogP contribution in [0.2, 0.25) is 0 Å². The van der Waals surface area contributed by atoms with Crippen LogP contribution in [0.5, 0.6) is 0 Å². The molecule has 0 aliphatic carbocycles. The summed E-state index contributed by atoms with van der Waals surface area (Å²) in [6.45, 7) is 2.47. The summed E-state index contributed by atoms with van der Waals surface area (Å²) in [6, 6.07) is 10.7. The van der Waals surface area contributed by atoms with Crippen molar-refractivity contribution in [3.05, 3.63) is 63.2 Å². The van der Waals surface area contributed by atoms with E-state index in [0.717, 1.165) is 30.1 Å². The van der Waals surface area contributed by atoms with Crippen molar-refractivity contribution in [2.45, 2.75) is 26.3 Å². The lowest BCUT2D eigenvalue weighted by atomic mass is 10.0. The van der Waals surface area contributed by atoms with Gasteiger partial charge in [0.05, 0.1) is 16.7 Å². The molecule has 2 aromatic carbocycles. The van der Waals surface area contributed by atoms with E-state index in [9.17, 15) is 14.9 Å². The number of nitrogens with zero attached hydrogens (tertiary/aromatic N) is 3. The summed E-state index contributed by atoms with van der Waals surface area (Å²) in [7, 11) is 0. The van der Waals surface area contributed by atoms with Gasteiger partial charge in [0.25, 0.3) is 11.6 Å². The highest BCUT2D eigenvalue weighted by Gasteiger charge is 2.20. The number of carbonyl (C=O) groups excluding carboxylic acids is 1. The summed E-state index contributed by atoms with van der Waals surface area (Å²) < 4.78 is 7.93. The van der Waals surface area contributed by atoms with Gasteiger partial charge in [0.2, 0.25) is 0 Å². The molecule has 128 valence electrons. The average Bonchev–Trinajstić information content (AvgIpc) is 3.08. The molecule has 0 aliphatic rings. The number of benzene rings is 2. The van der Waals surface area contributed by atoms with Crippen molar-refractivity contribution in [3.8, 4) is 0 Å². The van der Waals surface area contributed by atoms with E-state index in [-0.39, 0.29) is 22.7 Å². The van der Waals surface area contributed by atoms with E-state index in [1.54, 1.807) is 0 Å². The number of aromatic nitrogens is 2. The average molecular weight is 356 g/mol. The molecule has 0 atom stereocenters. The number of carbonyl (C=O) groups is 1. The van der Waals surface area contributed by atoms with Crippen LogP contribution in [0, 0.1) is 10.1 Å². The fourth-order valence-corrected chi connectivity index (χ4v) is 3.20. The van der Waals surface area contributed by atoms with E-state index >= 15 is 0 Å². The van der Waals surface area contributed by atoms with Crippen molar-refractivity contribution >= 4 is 34.4 Å². The molecule has 0 fully saturated rings. The lowest BCUT2D eigenvalue weighted by Crippen LogP contribution is -2.23. The van der Waals surface area contributed by atoms with Gasteiger partial charge in [0.1, 0.15) is 5.52 Å². The number of non-ortho nitro benzene ring substituents is 1. The second kappa shape index (κ2) is 7.35. The number of nitro benzene ring substituents is 1. The Morgan fingerprint density at radius 1 is 1.24 bits per heavy atom. The first-order chi connectivity index (χ1) is 12.1. The van der Waals surface area contributed by atoms with Crippen LogP contribution in [0.15, 0.2) is 36.4 Å². The molecule has 0 aliphatic heterocycles. The normalized spacial score (nSPS) is 10.8. The summed E-state index contributed by atoms with van der Waals surface area (Å²) >= 11 is 0.886. The summed E-state index contributed by atoms with van der Waals surface area (Å²) in [5.74, 6) is -0.371. The van der Waals surface area contributed by atoms with E-state index in [1.165, 1.54) is 17.7 Å². The minimum Gasteiger partial charge on any atom is -0.348 e. The van der Waals surface area contributed by atoms with E-state index in [2.05, 4.69) is 21.0 Å². The molecule has 0 spiro atoms. The number of fused-ring (bicyclic) bond motifs is 1. The largest absolute Gasteiger partial charge is 0.348 e. The van der Waals surface area contributed by atoms with Gasteiger partial charge in [-0.2, -0.15) is 8.75 Å². The third kappa shape index (κ3) is 3.63. The maximum absolute atomic E-state index is 12.4. The lowest BCUT2D eigenvalue weighted by molar-refractivity contribution is -0.383. The Morgan fingerprint density at radius 3 is 2.72 bits per heavy atom. The Morgan fingerprint density at radius 2 is 2.00 bits per heavy atom. The molecule has 1 heterocycles. The van der Waals surface area contributed by atoms with E-state index in [4.69, 9.17) is 0 Å². The minimum absolute atomic E-state index is 0.206. The number of hydrogen-bond donors (Lipinski definition) is 1. The number of nitro groups is 1. The lowest BCUT2D eigenvalue weighted by Gasteiger charge is -2.10. The Kier molecular flexibility index (Phi) is 4.99. The minimum atomic E-state index is -0.545. The highest BCUT2D eigenvalue weighted by molar-refractivity contribution is 7.00. The quantitative estimate of drug-likeness (QED) is 0.538. The van der Waals surface area contributed by atoms with Gasteiger partial charge in [-0.1, -0.05) is 37.6 Å². The zero-order valence-corrected chi connectivity index (χ0v) is 14.4. The van der Waals surface area contributed by atoms with E-state index < -0.39 is 4.92 Å². The van der Waals surface area contributed by atoms with Crippen LogP contribution in [0.4, 0.5) is 5.69 Å². The molecule has 3 rings (SSSR count). The van der Waals surface area contributed by atoms with Crippen LogP contribution in [0.1, 0.15) is 34.8 Å². The van der Waals surface area contributed by atoms with E-state index in [0.29, 0.717) is 12.1 Å². The van der Waals surface area contributed by atoms with Gasteiger partial charge in [-0.15, -0.1) is 0 Å². The van der Waals surface area contributed by atoms with Gasteiger partial charge < -0.3 is 5.32 Å². The van der Waals surface area contributed by atoms with Crippen molar-refractivity contribution in [3.63, 3.8) is 0 Å². The third-order valence-corrected chi connectivity index (χ3v) is 4.42. The molecule has 0 unspecified atom stereocenters. The molecule has 3 aromatic rings. The number of hydrogen-bond acceptors (Lipinski definition) is 6. The van der Waals surface area contributed by atoms with Crippen LogP contribution >= 0.6 is 11.7 Å². The van der Waals surface area contributed by atoms with Gasteiger partial charge in [-0.3, -0.25) is 14.9 Å². The Hall–Kier alpha value is -2.87. The molecule has 1 N–H and O–H groups in total. The number of rotatable bonds is 6. The van der Waals surface area contributed by atoms with Gasteiger partial charge >= 0.3 is 0 Å². The molecule has 25 heavy (non-hydrogen) atoms. The first kappa shape index (κ1) is 17.0. The summed E-state index contributed by atoms with van der Waals surface area (Å²) in [6.07, 6.45) is 1.96. The molecule has 0 radical (unpaired) electrons. The predicted molar refractivity (Wildman–Crippen MR) is 95.7 cm³/mol.